The highest BCUT2D eigenvalue weighted by atomic mass is 32.2. The van der Waals surface area contributed by atoms with Crippen LogP contribution in [0, 0.1) is 0 Å². The number of likely N-dealkylation sites (tertiary alicyclic amines) is 1. The largest absolute Gasteiger partial charge is 0.480 e. The third kappa shape index (κ3) is 7.36. The molecule has 0 aromatic carbocycles. The Bertz CT molecular complexity index is 606. The van der Waals surface area contributed by atoms with Crippen LogP contribution in [0.4, 0.5) is 0 Å². The van der Waals surface area contributed by atoms with Crippen LogP contribution < -0.4 is 16.4 Å². The van der Waals surface area contributed by atoms with Crippen LogP contribution in [0.15, 0.2) is 0 Å². The van der Waals surface area contributed by atoms with Gasteiger partial charge < -0.3 is 31.5 Å². The van der Waals surface area contributed by atoms with Crippen molar-refractivity contribution in [3.05, 3.63) is 0 Å². The van der Waals surface area contributed by atoms with Crippen LogP contribution in [0.5, 0.6) is 0 Å². The maximum Gasteiger partial charge on any atom is 0.328 e. The van der Waals surface area contributed by atoms with Crippen LogP contribution in [0.3, 0.4) is 0 Å². The Morgan fingerprint density at radius 2 is 1.97 bits per heavy atom. The molecule has 0 bridgehead atoms. The highest BCUT2D eigenvalue weighted by Gasteiger charge is 2.39. The molecule has 0 saturated carbocycles. The molecule has 0 aromatic rings. The molecule has 1 fully saturated rings. The molecule has 5 unspecified atom stereocenters. The predicted molar refractivity (Wildman–Crippen MR) is 113 cm³/mol. The lowest BCUT2D eigenvalue weighted by molar-refractivity contribution is -0.147. The van der Waals surface area contributed by atoms with Gasteiger partial charge in [-0.3, -0.25) is 14.4 Å². The van der Waals surface area contributed by atoms with E-state index in [0.29, 0.717) is 31.6 Å². The average Bonchev–Trinajstić information content (AvgIpc) is 3.16. The lowest BCUT2D eigenvalue weighted by Gasteiger charge is -2.30. The molecule has 1 aliphatic heterocycles. The lowest BCUT2D eigenvalue weighted by Crippen LogP contribution is -2.58. The van der Waals surface area contributed by atoms with Crippen LogP contribution in [-0.2, 0) is 19.2 Å². The van der Waals surface area contributed by atoms with E-state index in [1.165, 1.54) is 23.6 Å². The number of carbonyl (C=O) groups excluding carboxylic acids is 3. The number of carbonyl (C=O) groups is 4. The Balaban J connectivity index is 2.92. The molecular formula is C17H30N4O6S2. The molecule has 0 aliphatic carbocycles. The predicted octanol–water partition coefficient (Wildman–Crippen LogP) is -1.58. The fraction of sp³-hybridized carbons (Fsp3) is 0.765. The first-order chi connectivity index (χ1) is 13.6. The molecule has 3 amide bonds. The summed E-state index contributed by atoms with van der Waals surface area (Å²) in [5.41, 5.74) is 5.67. The average molecular weight is 451 g/mol. The molecule has 0 radical (unpaired) electrons. The number of aliphatic carboxylic acids is 1. The van der Waals surface area contributed by atoms with Crippen molar-refractivity contribution in [2.24, 2.45) is 5.73 Å². The zero-order valence-corrected chi connectivity index (χ0v) is 18.2. The molecule has 1 heterocycles. The van der Waals surface area contributed by atoms with E-state index in [1.54, 1.807) is 0 Å². The number of aliphatic hydroxyl groups is 1. The van der Waals surface area contributed by atoms with Gasteiger partial charge in [-0.1, -0.05) is 0 Å². The van der Waals surface area contributed by atoms with Crippen LogP contribution in [0.2, 0.25) is 0 Å². The fourth-order valence-electron chi connectivity index (χ4n) is 3.00. The zero-order chi connectivity index (χ0) is 22.1. The number of hydrogen-bond donors (Lipinski definition) is 6. The van der Waals surface area contributed by atoms with E-state index < -0.39 is 54.0 Å². The number of thiol groups is 1. The SMILES string of the molecule is CSCCC(NC(=O)C(N)CS)C(=O)N1CCCC1C(=O)NC(C(=O)O)C(C)O. The second kappa shape index (κ2) is 12.3. The number of hydrogen-bond acceptors (Lipinski definition) is 8. The van der Waals surface area contributed by atoms with Gasteiger partial charge in [-0.25, -0.2) is 4.79 Å². The molecule has 0 aromatic heterocycles. The number of amides is 3. The molecule has 1 saturated heterocycles. The van der Waals surface area contributed by atoms with Gasteiger partial charge in [0.15, 0.2) is 6.04 Å². The molecule has 5 atom stereocenters. The van der Waals surface area contributed by atoms with E-state index >= 15 is 0 Å². The van der Waals surface area contributed by atoms with Crippen molar-refractivity contribution in [3.8, 4) is 0 Å². The van der Waals surface area contributed by atoms with Crippen LogP contribution >= 0.6 is 24.4 Å². The van der Waals surface area contributed by atoms with Crippen molar-refractivity contribution in [3.63, 3.8) is 0 Å². The lowest BCUT2D eigenvalue weighted by atomic mass is 10.1. The van der Waals surface area contributed by atoms with Crippen molar-refractivity contribution in [2.75, 3.05) is 24.3 Å². The van der Waals surface area contributed by atoms with Gasteiger partial charge in [-0.05, 0) is 38.2 Å². The number of carboxylic acids is 1. The quantitative estimate of drug-likeness (QED) is 0.206. The van der Waals surface area contributed by atoms with Crippen LogP contribution in [0.25, 0.3) is 0 Å². The summed E-state index contributed by atoms with van der Waals surface area (Å²) in [4.78, 5) is 50.4. The first kappa shape index (κ1) is 25.5. The summed E-state index contributed by atoms with van der Waals surface area (Å²) in [7, 11) is 0. The van der Waals surface area contributed by atoms with E-state index in [2.05, 4.69) is 23.3 Å². The standard InChI is InChI=1S/C17H30N4O6S2/c1-9(22)13(17(26)27)20-15(24)12-4-3-6-21(12)16(25)11(5-7-29-2)19-14(23)10(18)8-28/h9-13,22,28H,3-8,18H2,1-2H3,(H,19,23)(H,20,24)(H,26,27). The smallest absolute Gasteiger partial charge is 0.328 e. The molecule has 6 N–H and O–H groups in total. The molecule has 10 nitrogen and oxygen atoms in total. The fourth-order valence-corrected chi connectivity index (χ4v) is 3.63. The first-order valence-corrected chi connectivity index (χ1v) is 11.3. The summed E-state index contributed by atoms with van der Waals surface area (Å²) in [6.45, 7) is 1.57. The second-order valence-corrected chi connectivity index (χ2v) is 8.24. The van der Waals surface area contributed by atoms with Gasteiger partial charge in [-0.2, -0.15) is 24.4 Å². The Kier molecular flexibility index (Phi) is 10.8. The van der Waals surface area contributed by atoms with Gasteiger partial charge in [0.25, 0.3) is 0 Å². The second-order valence-electron chi connectivity index (χ2n) is 6.89. The number of carboxylic acid groups (broad SMARTS) is 1. The third-order valence-electron chi connectivity index (χ3n) is 4.64. The van der Waals surface area contributed by atoms with Crippen molar-refractivity contribution in [1.82, 2.24) is 15.5 Å². The number of nitrogens with two attached hydrogens (primary N) is 1. The van der Waals surface area contributed by atoms with Gasteiger partial charge in [0.1, 0.15) is 12.1 Å². The molecule has 1 rings (SSSR count). The van der Waals surface area contributed by atoms with Crippen molar-refractivity contribution < 1.29 is 29.4 Å². The summed E-state index contributed by atoms with van der Waals surface area (Å²) >= 11 is 5.50. The van der Waals surface area contributed by atoms with Crippen molar-refractivity contribution >= 4 is 48.1 Å². The minimum absolute atomic E-state index is 0.125. The number of rotatable bonds is 11. The summed E-state index contributed by atoms with van der Waals surface area (Å²) < 4.78 is 0. The summed E-state index contributed by atoms with van der Waals surface area (Å²) in [5, 5.41) is 23.6. The van der Waals surface area contributed by atoms with Crippen LogP contribution in [-0.4, -0.2) is 93.4 Å². The van der Waals surface area contributed by atoms with E-state index in [4.69, 9.17) is 10.8 Å². The van der Waals surface area contributed by atoms with E-state index in [0.717, 1.165) is 0 Å². The van der Waals surface area contributed by atoms with Gasteiger partial charge in [0.2, 0.25) is 17.7 Å². The molecule has 29 heavy (non-hydrogen) atoms. The summed E-state index contributed by atoms with van der Waals surface area (Å²) in [5.74, 6) is -2.19. The van der Waals surface area contributed by atoms with Gasteiger partial charge >= 0.3 is 5.97 Å². The highest BCUT2D eigenvalue weighted by molar-refractivity contribution is 7.98. The first-order valence-electron chi connectivity index (χ1n) is 9.31. The minimum Gasteiger partial charge on any atom is -0.480 e. The third-order valence-corrected chi connectivity index (χ3v) is 5.68. The summed E-state index contributed by atoms with van der Waals surface area (Å²) in [6, 6.07) is -4.04. The van der Waals surface area contributed by atoms with Gasteiger partial charge in [-0.15, -0.1) is 0 Å². The Labute approximate surface area is 179 Å². The minimum atomic E-state index is -1.47. The van der Waals surface area contributed by atoms with Crippen LogP contribution in [0.1, 0.15) is 26.2 Å². The van der Waals surface area contributed by atoms with E-state index in [1.807, 2.05) is 6.26 Å². The topological polar surface area (TPSA) is 162 Å². The van der Waals surface area contributed by atoms with E-state index in [9.17, 15) is 24.3 Å². The molecular weight excluding hydrogens is 420 g/mol. The van der Waals surface area contributed by atoms with Crippen molar-refractivity contribution in [1.29, 1.82) is 0 Å². The van der Waals surface area contributed by atoms with Gasteiger partial charge in [0.05, 0.1) is 12.1 Å². The molecule has 0 spiro atoms. The number of thioether (sulfide) groups is 1. The zero-order valence-electron chi connectivity index (χ0n) is 16.5. The maximum absolute atomic E-state index is 13.1. The monoisotopic (exact) mass is 450 g/mol. The number of nitrogens with zero attached hydrogens (tertiary/aromatic N) is 1. The Morgan fingerprint density at radius 1 is 1.31 bits per heavy atom. The summed E-state index contributed by atoms with van der Waals surface area (Å²) in [6.07, 6.45) is 1.87. The maximum atomic E-state index is 13.1. The Hall–Kier alpha value is -1.50. The number of nitrogens with one attached hydrogen (secondary N) is 2. The van der Waals surface area contributed by atoms with Crippen molar-refractivity contribution in [2.45, 2.75) is 56.5 Å². The molecule has 1 aliphatic rings. The molecule has 166 valence electrons. The normalized spacial score (nSPS) is 20.4. The number of aliphatic hydroxyl groups excluding tert-OH is 1. The van der Waals surface area contributed by atoms with E-state index in [-0.39, 0.29) is 5.75 Å². The highest BCUT2D eigenvalue weighted by Crippen LogP contribution is 2.20. The Morgan fingerprint density at radius 3 is 2.48 bits per heavy atom. The van der Waals surface area contributed by atoms with Gasteiger partial charge in [0, 0.05) is 12.3 Å². The molecule has 12 heteroatoms.